The molecule has 0 spiro atoms. The molecule has 7 aromatic rings. The zero-order valence-corrected chi connectivity index (χ0v) is 35.1. The van der Waals surface area contributed by atoms with E-state index in [4.69, 9.17) is 0 Å². The molecule has 0 saturated carbocycles. The van der Waals surface area contributed by atoms with Crippen molar-refractivity contribution in [1.29, 1.82) is 0 Å². The Labute approximate surface area is 336 Å². The normalized spacial score (nSPS) is 11.4. The largest absolute Gasteiger partial charge is 0.334 e. The van der Waals surface area contributed by atoms with Gasteiger partial charge in [0.1, 0.15) is 17.2 Å². The van der Waals surface area contributed by atoms with Crippen LogP contribution in [-0.2, 0) is 40.0 Å². The van der Waals surface area contributed by atoms with Gasteiger partial charge in [-0.15, -0.1) is 0 Å². The summed E-state index contributed by atoms with van der Waals surface area (Å²) in [5.41, 5.74) is 4.71. The van der Waals surface area contributed by atoms with Crippen LogP contribution in [0, 0.1) is 19.7 Å². The Bertz CT molecular complexity index is 2800. The molecule has 0 atom stereocenters. The highest BCUT2D eigenvalue weighted by Gasteiger charge is 2.21. The molecule has 16 heteroatoms. The minimum absolute atomic E-state index is 0.0310. The van der Waals surface area contributed by atoms with Crippen molar-refractivity contribution in [2.24, 2.45) is 28.2 Å². The Hall–Kier alpha value is -6.16. The fourth-order valence-corrected chi connectivity index (χ4v) is 6.86. The van der Waals surface area contributed by atoms with Crippen molar-refractivity contribution in [3.63, 3.8) is 0 Å². The van der Waals surface area contributed by atoms with Crippen molar-refractivity contribution in [1.82, 2.24) is 43.5 Å². The van der Waals surface area contributed by atoms with Gasteiger partial charge in [0.15, 0.2) is 17.5 Å². The number of hydrogen-bond donors (Lipinski definition) is 2. The van der Waals surface area contributed by atoms with Crippen LogP contribution in [0.4, 0.5) is 27.4 Å². The molecule has 0 bridgehead atoms. The van der Waals surface area contributed by atoms with Gasteiger partial charge in [-0.1, -0.05) is 27.7 Å². The molecule has 0 radical (unpaired) electrons. The molecule has 0 fully saturated rings. The highest BCUT2D eigenvalue weighted by atomic mass is 79.9. The Kier molecular flexibility index (Phi) is 11.2. The van der Waals surface area contributed by atoms with Gasteiger partial charge in [0.25, 0.3) is 16.7 Å². The lowest BCUT2D eigenvalue weighted by molar-refractivity contribution is 0.576. The molecule has 14 nitrogen and oxygen atoms in total. The number of fused-ring (bicyclic) bond motifs is 1. The second-order valence-electron chi connectivity index (χ2n) is 14.9. The van der Waals surface area contributed by atoms with Crippen molar-refractivity contribution in [2.75, 3.05) is 10.6 Å². The summed E-state index contributed by atoms with van der Waals surface area (Å²) in [7, 11) is 7.08. The maximum absolute atomic E-state index is 15.3. The smallest absolute Gasteiger partial charge is 0.283 e. The summed E-state index contributed by atoms with van der Waals surface area (Å²) in [5, 5.41) is 19.6. The number of benzene rings is 1. The third-order valence-electron chi connectivity index (χ3n) is 9.69. The van der Waals surface area contributed by atoms with E-state index in [-0.39, 0.29) is 21.9 Å². The van der Waals surface area contributed by atoms with Crippen LogP contribution >= 0.6 is 15.9 Å². The molecular formula is C41H45BrFN11O3. The van der Waals surface area contributed by atoms with Crippen LogP contribution in [0.1, 0.15) is 50.2 Å². The number of nitrogens with one attached hydrogen (secondary N) is 2. The quantitative estimate of drug-likeness (QED) is 0.175. The van der Waals surface area contributed by atoms with Crippen molar-refractivity contribution >= 4 is 49.7 Å². The molecule has 0 saturated heterocycles. The Morgan fingerprint density at radius 2 is 1.37 bits per heavy atom. The van der Waals surface area contributed by atoms with E-state index in [1.165, 1.54) is 21.4 Å². The van der Waals surface area contributed by atoms with Crippen molar-refractivity contribution in [2.45, 2.75) is 53.4 Å². The van der Waals surface area contributed by atoms with Gasteiger partial charge in [0.2, 0.25) is 0 Å². The molecular weight excluding hydrogens is 793 g/mol. The third-order valence-corrected chi connectivity index (χ3v) is 10.1. The van der Waals surface area contributed by atoms with Crippen LogP contribution in [0.3, 0.4) is 0 Å². The summed E-state index contributed by atoms with van der Waals surface area (Å²) < 4.78 is 23.8. The van der Waals surface area contributed by atoms with Gasteiger partial charge >= 0.3 is 0 Å². The average molecular weight is 839 g/mol. The molecule has 0 aliphatic carbocycles. The first-order valence-corrected chi connectivity index (χ1v) is 19.0. The van der Waals surface area contributed by atoms with Crippen LogP contribution in [0.25, 0.3) is 27.7 Å². The van der Waals surface area contributed by atoms with Crippen LogP contribution < -0.4 is 27.3 Å². The molecule has 0 amide bonds. The van der Waals surface area contributed by atoms with Crippen molar-refractivity contribution in [3.8, 4) is 16.9 Å². The van der Waals surface area contributed by atoms with Crippen LogP contribution in [-0.4, -0.2) is 43.5 Å². The minimum atomic E-state index is -0.587. The maximum Gasteiger partial charge on any atom is 0.283 e. The monoisotopic (exact) mass is 837 g/mol. The highest BCUT2D eigenvalue weighted by Crippen LogP contribution is 2.30. The maximum atomic E-state index is 15.3. The SMILES string of the molecule is CCc1c(-c2cc(Nc3cc(C)n(C)n3)c(=O)n(C)c2)ccnc1-n1ncc2cc(C(C)(C)C)cc(F)c2c1=O.Cc1cc(Nc2cc(Br)cn(C)c2=O)nn1C. The van der Waals surface area contributed by atoms with Crippen LogP contribution in [0.2, 0.25) is 0 Å². The predicted octanol–water partition coefficient (Wildman–Crippen LogP) is 6.86. The summed E-state index contributed by atoms with van der Waals surface area (Å²) in [5.74, 6) is 0.954. The first kappa shape index (κ1) is 40.5. The highest BCUT2D eigenvalue weighted by molar-refractivity contribution is 9.10. The number of hydrogen-bond acceptors (Lipinski definition) is 9. The Morgan fingerprint density at radius 1 is 0.789 bits per heavy atom. The molecule has 0 aliphatic rings. The number of halogens is 2. The number of aryl methyl sites for hydroxylation is 6. The Balaban J connectivity index is 0.000000269. The molecule has 2 N–H and O–H groups in total. The lowest BCUT2D eigenvalue weighted by atomic mass is 9.86. The van der Waals surface area contributed by atoms with E-state index in [2.05, 4.69) is 46.8 Å². The van der Waals surface area contributed by atoms with E-state index in [9.17, 15) is 14.4 Å². The van der Waals surface area contributed by atoms with Gasteiger partial charge in [0, 0.05) is 91.3 Å². The topological polar surface area (TPSA) is 151 Å². The lowest BCUT2D eigenvalue weighted by Crippen LogP contribution is -2.25. The summed E-state index contributed by atoms with van der Waals surface area (Å²) in [6.45, 7) is 11.8. The van der Waals surface area contributed by atoms with Crippen LogP contribution in [0.15, 0.2) is 86.1 Å². The molecule has 57 heavy (non-hydrogen) atoms. The lowest BCUT2D eigenvalue weighted by Gasteiger charge is -2.20. The van der Waals surface area contributed by atoms with Gasteiger partial charge in [0.05, 0.1) is 11.6 Å². The molecule has 0 aliphatic heterocycles. The number of pyridine rings is 3. The fourth-order valence-electron chi connectivity index (χ4n) is 6.33. The zero-order chi connectivity index (χ0) is 41.5. The molecule has 6 heterocycles. The molecule has 1 aromatic carbocycles. The summed E-state index contributed by atoms with van der Waals surface area (Å²) >= 11 is 3.35. The van der Waals surface area contributed by atoms with Gasteiger partial charge in [-0.05, 0) is 83.1 Å². The first-order chi connectivity index (χ1) is 26.9. The second kappa shape index (κ2) is 15.8. The van der Waals surface area contributed by atoms with Crippen molar-refractivity contribution < 1.29 is 4.39 Å². The number of anilines is 4. The van der Waals surface area contributed by atoms with E-state index < -0.39 is 11.4 Å². The Morgan fingerprint density at radius 3 is 1.91 bits per heavy atom. The predicted molar refractivity (Wildman–Crippen MR) is 226 cm³/mol. The van der Waals surface area contributed by atoms with Gasteiger partial charge in [-0.25, -0.2) is 9.37 Å². The molecule has 6 aromatic heterocycles. The van der Waals surface area contributed by atoms with Gasteiger partial charge in [-0.3, -0.25) is 23.7 Å². The first-order valence-electron chi connectivity index (χ1n) is 18.2. The molecule has 0 unspecified atom stereocenters. The van der Waals surface area contributed by atoms with Gasteiger partial charge in [-0.2, -0.15) is 20.0 Å². The number of rotatable bonds is 7. The third kappa shape index (κ3) is 8.36. The summed E-state index contributed by atoms with van der Waals surface area (Å²) in [6, 6.07) is 12.3. The van der Waals surface area contributed by atoms with E-state index in [0.717, 1.165) is 42.8 Å². The number of aromatic nitrogens is 9. The summed E-state index contributed by atoms with van der Waals surface area (Å²) in [4.78, 5) is 42.9. The molecule has 7 rings (SSSR count). The zero-order valence-electron chi connectivity index (χ0n) is 33.6. The van der Waals surface area contributed by atoms with E-state index in [1.54, 1.807) is 54.2 Å². The van der Waals surface area contributed by atoms with E-state index in [1.807, 2.05) is 79.9 Å². The standard InChI is InChI=1S/C30H32FN7O2.C11H13BrN4O/c1-8-21-22(19-13-24(28(39)36(6)16-19)34-25-11-17(2)37(7)35-25)9-10-32-27(21)38-29(40)26-18(15-33-38)12-20(14-23(26)31)30(3,4)5;1-7-4-10(14-16(7)3)13-9-5-8(12)6-15(2)11(9)17/h9-16H,8H2,1-7H3,(H,34,35);4-6H,1-3H3,(H,13,14). The number of nitrogens with zero attached hydrogens (tertiary/aromatic N) is 9. The fraction of sp³-hybridized carbons (Fsp3) is 0.293. The average Bonchev–Trinajstić information content (AvgIpc) is 3.64. The van der Waals surface area contributed by atoms with E-state index in [0.29, 0.717) is 40.6 Å². The minimum Gasteiger partial charge on any atom is -0.334 e. The van der Waals surface area contributed by atoms with Crippen LogP contribution in [0.5, 0.6) is 0 Å². The molecule has 296 valence electrons. The second-order valence-corrected chi connectivity index (χ2v) is 15.8. The van der Waals surface area contributed by atoms with Gasteiger partial charge < -0.3 is 19.8 Å². The van der Waals surface area contributed by atoms with E-state index >= 15 is 4.39 Å². The summed E-state index contributed by atoms with van der Waals surface area (Å²) in [6.07, 6.45) is 7.06. The van der Waals surface area contributed by atoms with Crippen molar-refractivity contribution in [3.05, 3.63) is 131 Å².